The van der Waals surface area contributed by atoms with Gasteiger partial charge in [0, 0.05) is 17.8 Å². The summed E-state index contributed by atoms with van der Waals surface area (Å²) < 4.78 is 0. The summed E-state index contributed by atoms with van der Waals surface area (Å²) in [5, 5.41) is 23.2. The lowest BCUT2D eigenvalue weighted by Crippen LogP contribution is -2.39. The van der Waals surface area contributed by atoms with E-state index in [0.717, 1.165) is 5.56 Å². The summed E-state index contributed by atoms with van der Waals surface area (Å²) in [7, 11) is 0. The van der Waals surface area contributed by atoms with Crippen LogP contribution in [-0.4, -0.2) is 23.0 Å². The van der Waals surface area contributed by atoms with Gasteiger partial charge in [0.15, 0.2) is 0 Å². The minimum Gasteiger partial charge on any atom is -0.480 e. The fourth-order valence-electron chi connectivity index (χ4n) is 1.40. The molecule has 1 amide bonds. The molecule has 0 fully saturated rings. The number of nitrogens with zero attached hydrogens (tertiary/aromatic N) is 1. The van der Waals surface area contributed by atoms with Crippen LogP contribution >= 0.6 is 11.6 Å². The van der Waals surface area contributed by atoms with Crippen LogP contribution < -0.4 is 10.6 Å². The van der Waals surface area contributed by atoms with Crippen molar-refractivity contribution in [2.75, 3.05) is 0 Å². The zero-order chi connectivity index (χ0) is 15.8. The molecule has 3 N–H and O–H groups in total. The van der Waals surface area contributed by atoms with Gasteiger partial charge in [0.2, 0.25) is 0 Å². The summed E-state index contributed by atoms with van der Waals surface area (Å²) in [6.07, 6.45) is 1.24. The molecule has 0 bridgehead atoms. The number of hydrogen-bond donors (Lipinski definition) is 3. The molecule has 1 rings (SSSR count). The van der Waals surface area contributed by atoms with Crippen LogP contribution in [0.3, 0.4) is 0 Å². The molecule has 0 aliphatic carbocycles. The zero-order valence-electron chi connectivity index (χ0n) is 11.3. The number of halogens is 1. The SMILES string of the molecule is CC(NC(=O)/C(C#N)=C\NCc1cccc(Cl)c1)C(=O)O. The highest BCUT2D eigenvalue weighted by Gasteiger charge is 2.16. The van der Waals surface area contributed by atoms with E-state index in [1.807, 2.05) is 6.07 Å². The van der Waals surface area contributed by atoms with Crippen molar-refractivity contribution in [1.29, 1.82) is 5.26 Å². The first kappa shape index (κ1) is 16.5. The van der Waals surface area contributed by atoms with Crippen LogP contribution in [0, 0.1) is 11.3 Å². The smallest absolute Gasteiger partial charge is 0.325 e. The molecule has 0 aromatic heterocycles. The highest BCUT2D eigenvalue weighted by molar-refractivity contribution is 6.30. The van der Waals surface area contributed by atoms with Crippen LogP contribution in [0.2, 0.25) is 5.02 Å². The van der Waals surface area contributed by atoms with Gasteiger partial charge in [-0.1, -0.05) is 23.7 Å². The summed E-state index contributed by atoms with van der Waals surface area (Å²) in [5.41, 5.74) is 0.681. The van der Waals surface area contributed by atoms with E-state index >= 15 is 0 Å². The van der Waals surface area contributed by atoms with Crippen molar-refractivity contribution >= 4 is 23.5 Å². The number of carbonyl (C=O) groups is 2. The van der Waals surface area contributed by atoms with Crippen LogP contribution in [0.1, 0.15) is 12.5 Å². The van der Waals surface area contributed by atoms with Gasteiger partial charge in [0.1, 0.15) is 17.7 Å². The Labute approximate surface area is 127 Å². The van der Waals surface area contributed by atoms with Crippen molar-refractivity contribution < 1.29 is 14.7 Å². The van der Waals surface area contributed by atoms with E-state index in [4.69, 9.17) is 22.0 Å². The van der Waals surface area contributed by atoms with Crippen LogP contribution in [0.5, 0.6) is 0 Å². The predicted octanol–water partition coefficient (Wildman–Crippen LogP) is 1.43. The summed E-state index contributed by atoms with van der Waals surface area (Å²) in [4.78, 5) is 22.3. The van der Waals surface area contributed by atoms with Crippen LogP contribution in [0.4, 0.5) is 0 Å². The van der Waals surface area contributed by atoms with E-state index in [0.29, 0.717) is 11.6 Å². The molecule has 0 radical (unpaired) electrons. The largest absolute Gasteiger partial charge is 0.480 e. The topological polar surface area (TPSA) is 102 Å². The summed E-state index contributed by atoms with van der Waals surface area (Å²) in [5.74, 6) is -1.92. The van der Waals surface area contributed by atoms with E-state index in [1.54, 1.807) is 24.3 Å². The predicted molar refractivity (Wildman–Crippen MR) is 77.2 cm³/mol. The van der Waals surface area contributed by atoms with Gasteiger partial charge in [-0.15, -0.1) is 0 Å². The Hall–Kier alpha value is -2.52. The van der Waals surface area contributed by atoms with Gasteiger partial charge in [-0.25, -0.2) is 0 Å². The highest BCUT2D eigenvalue weighted by atomic mass is 35.5. The molecule has 1 atom stereocenters. The first-order chi connectivity index (χ1) is 9.93. The number of rotatable bonds is 6. The van der Waals surface area contributed by atoms with Crippen molar-refractivity contribution in [2.24, 2.45) is 0 Å². The Bertz CT molecular complexity index is 608. The van der Waals surface area contributed by atoms with Gasteiger partial charge in [-0.05, 0) is 24.6 Å². The standard InChI is InChI=1S/C14H14ClN3O3/c1-9(14(20)21)18-13(19)11(6-16)8-17-7-10-3-2-4-12(15)5-10/h2-5,8-9,17H,7H2,1H3,(H,18,19)(H,20,21)/b11-8-. The number of carbonyl (C=O) groups excluding carboxylic acids is 1. The Morgan fingerprint density at radius 1 is 1.52 bits per heavy atom. The summed E-state index contributed by atoms with van der Waals surface area (Å²) >= 11 is 5.84. The van der Waals surface area contributed by atoms with E-state index in [1.165, 1.54) is 13.1 Å². The van der Waals surface area contributed by atoms with Crippen molar-refractivity contribution in [3.05, 3.63) is 46.6 Å². The first-order valence-corrected chi connectivity index (χ1v) is 6.43. The molecule has 0 aliphatic rings. The number of amides is 1. The average molecular weight is 308 g/mol. The third-order valence-corrected chi connectivity index (χ3v) is 2.76. The number of nitriles is 1. The molecule has 1 aromatic rings. The number of hydrogen-bond acceptors (Lipinski definition) is 4. The number of carboxylic acids is 1. The maximum absolute atomic E-state index is 11.7. The lowest BCUT2D eigenvalue weighted by Gasteiger charge is -2.08. The second-order valence-electron chi connectivity index (χ2n) is 4.21. The highest BCUT2D eigenvalue weighted by Crippen LogP contribution is 2.10. The molecule has 110 valence electrons. The Morgan fingerprint density at radius 2 is 2.24 bits per heavy atom. The monoisotopic (exact) mass is 307 g/mol. The molecule has 0 aliphatic heterocycles. The molecular weight excluding hydrogens is 294 g/mol. The quantitative estimate of drug-likeness (QED) is 0.545. The molecule has 7 heteroatoms. The number of aliphatic carboxylic acids is 1. The summed E-state index contributed by atoms with van der Waals surface area (Å²) in [6, 6.07) is 7.76. The number of carboxylic acid groups (broad SMARTS) is 1. The van der Waals surface area contributed by atoms with Gasteiger partial charge < -0.3 is 15.7 Å². The summed E-state index contributed by atoms with van der Waals surface area (Å²) in [6.45, 7) is 1.70. The van der Waals surface area contributed by atoms with E-state index in [9.17, 15) is 9.59 Å². The van der Waals surface area contributed by atoms with Gasteiger partial charge in [0.25, 0.3) is 5.91 Å². The number of benzene rings is 1. The second-order valence-corrected chi connectivity index (χ2v) is 4.65. The molecule has 1 unspecified atom stereocenters. The maximum atomic E-state index is 11.7. The minimum atomic E-state index is -1.17. The molecule has 0 saturated heterocycles. The van der Waals surface area contributed by atoms with Crippen LogP contribution in [0.15, 0.2) is 36.0 Å². The molecule has 1 aromatic carbocycles. The Kier molecular flexibility index (Phi) is 6.24. The van der Waals surface area contributed by atoms with Crippen molar-refractivity contribution in [1.82, 2.24) is 10.6 Å². The minimum absolute atomic E-state index is 0.204. The van der Waals surface area contributed by atoms with Gasteiger partial charge in [0.05, 0.1) is 0 Å². The fraction of sp³-hybridized carbons (Fsp3) is 0.214. The average Bonchev–Trinajstić information content (AvgIpc) is 2.43. The van der Waals surface area contributed by atoms with Crippen LogP contribution in [-0.2, 0) is 16.1 Å². The molecule has 6 nitrogen and oxygen atoms in total. The van der Waals surface area contributed by atoms with Crippen LogP contribution in [0.25, 0.3) is 0 Å². The lowest BCUT2D eigenvalue weighted by atomic mass is 10.2. The van der Waals surface area contributed by atoms with Gasteiger partial charge in [-0.3, -0.25) is 9.59 Å². The first-order valence-electron chi connectivity index (χ1n) is 6.05. The number of nitrogens with one attached hydrogen (secondary N) is 2. The maximum Gasteiger partial charge on any atom is 0.325 e. The van der Waals surface area contributed by atoms with E-state index in [2.05, 4.69) is 10.6 Å². The molecule has 0 saturated carbocycles. The fourth-order valence-corrected chi connectivity index (χ4v) is 1.62. The van der Waals surface area contributed by atoms with E-state index in [-0.39, 0.29) is 5.57 Å². The van der Waals surface area contributed by atoms with Gasteiger partial charge in [-0.2, -0.15) is 5.26 Å². The molecular formula is C14H14ClN3O3. The normalized spacial score (nSPS) is 12.1. The molecule has 21 heavy (non-hydrogen) atoms. The van der Waals surface area contributed by atoms with Crippen molar-refractivity contribution in [3.63, 3.8) is 0 Å². The van der Waals surface area contributed by atoms with Gasteiger partial charge >= 0.3 is 5.97 Å². The third kappa shape index (κ3) is 5.55. The zero-order valence-corrected chi connectivity index (χ0v) is 12.0. The van der Waals surface area contributed by atoms with Crippen molar-refractivity contribution in [2.45, 2.75) is 19.5 Å². The molecule has 0 heterocycles. The third-order valence-electron chi connectivity index (χ3n) is 2.52. The Morgan fingerprint density at radius 3 is 2.81 bits per heavy atom. The molecule has 0 spiro atoms. The van der Waals surface area contributed by atoms with Crippen molar-refractivity contribution in [3.8, 4) is 6.07 Å². The lowest BCUT2D eigenvalue weighted by molar-refractivity contribution is -0.140. The second kappa shape index (κ2) is 7.92. The Balaban J connectivity index is 2.62. The van der Waals surface area contributed by atoms with E-state index < -0.39 is 17.9 Å².